The minimum Gasteiger partial charge on any atom is -0.476 e. The Morgan fingerprint density at radius 2 is 2.08 bits per heavy atom. The molecule has 8 heteroatoms. The van der Waals surface area contributed by atoms with Gasteiger partial charge < -0.3 is 19.4 Å². The van der Waals surface area contributed by atoms with Crippen LogP contribution in [0, 0.1) is 12.8 Å². The molecule has 0 aliphatic carbocycles. The Balaban J connectivity index is 1.71. The lowest BCUT2D eigenvalue weighted by molar-refractivity contribution is -0.146. The van der Waals surface area contributed by atoms with Gasteiger partial charge in [-0.05, 0) is 63.4 Å². The first-order valence-electron chi connectivity index (χ1n) is 13.6. The van der Waals surface area contributed by atoms with Crippen molar-refractivity contribution < 1.29 is 18.7 Å². The van der Waals surface area contributed by atoms with Crippen LogP contribution in [0.2, 0.25) is 0 Å². The number of fused-ring (bicyclic) bond motifs is 3. The fourth-order valence-corrected chi connectivity index (χ4v) is 5.63. The third-order valence-electron chi connectivity index (χ3n) is 7.86. The van der Waals surface area contributed by atoms with Gasteiger partial charge in [-0.15, -0.1) is 0 Å². The fourth-order valence-electron chi connectivity index (χ4n) is 5.63. The van der Waals surface area contributed by atoms with Gasteiger partial charge in [-0.1, -0.05) is 25.1 Å². The first-order chi connectivity index (χ1) is 18.4. The predicted octanol–water partition coefficient (Wildman–Crippen LogP) is 5.08. The number of aromatic amines is 1. The van der Waals surface area contributed by atoms with Crippen molar-refractivity contribution in [3.05, 3.63) is 58.9 Å². The highest BCUT2D eigenvalue weighted by Crippen LogP contribution is 2.43. The van der Waals surface area contributed by atoms with Crippen molar-refractivity contribution in [3.63, 3.8) is 0 Å². The Morgan fingerprint density at radius 3 is 2.82 bits per heavy atom. The molecular weight excluding hydrogens is 483 g/mol. The summed E-state index contributed by atoms with van der Waals surface area (Å²) in [6.45, 7) is 8.49. The lowest BCUT2D eigenvalue weighted by Crippen LogP contribution is -2.46. The van der Waals surface area contributed by atoms with Crippen LogP contribution < -0.4 is 4.74 Å². The van der Waals surface area contributed by atoms with E-state index in [1.807, 2.05) is 20.2 Å². The van der Waals surface area contributed by atoms with Gasteiger partial charge in [-0.2, -0.15) is 0 Å². The third kappa shape index (κ3) is 5.86. The number of pyridine rings is 1. The van der Waals surface area contributed by atoms with Crippen LogP contribution in [0.25, 0.3) is 10.9 Å². The lowest BCUT2D eigenvalue weighted by Gasteiger charge is -2.42. The zero-order chi connectivity index (χ0) is 27.2. The SMILES string of the molecule is CC[C@H](CN1[C@H](c2ccnc(OCCN(C)CCCF)c2C)c2[nH]c3ccccc3c2C[C@H]1C)C(=O)OC. The van der Waals surface area contributed by atoms with E-state index in [0.717, 1.165) is 28.8 Å². The number of hydrogen-bond acceptors (Lipinski definition) is 6. The largest absolute Gasteiger partial charge is 0.476 e. The molecule has 0 saturated heterocycles. The van der Waals surface area contributed by atoms with Crippen LogP contribution in [0.3, 0.4) is 0 Å². The minimum absolute atomic E-state index is 0.0857. The number of hydrogen-bond donors (Lipinski definition) is 1. The molecule has 0 bridgehead atoms. The number of para-hydroxylation sites is 1. The van der Waals surface area contributed by atoms with Gasteiger partial charge in [0.1, 0.15) is 6.61 Å². The van der Waals surface area contributed by atoms with E-state index in [2.05, 4.69) is 63.9 Å². The molecule has 1 aliphatic rings. The van der Waals surface area contributed by atoms with E-state index >= 15 is 0 Å². The number of ether oxygens (including phenoxy) is 2. The Bertz CT molecular complexity index is 1230. The van der Waals surface area contributed by atoms with Crippen molar-refractivity contribution in [3.8, 4) is 5.88 Å². The molecule has 4 rings (SSSR count). The first-order valence-corrected chi connectivity index (χ1v) is 13.6. The average molecular weight is 525 g/mol. The molecule has 3 aromatic rings. The minimum atomic E-state index is -0.311. The molecule has 0 spiro atoms. The molecule has 206 valence electrons. The molecule has 7 nitrogen and oxygen atoms in total. The Kier molecular flexibility index (Phi) is 9.39. The first kappa shape index (κ1) is 28.0. The summed E-state index contributed by atoms with van der Waals surface area (Å²) in [6, 6.07) is 10.6. The van der Waals surface area contributed by atoms with E-state index in [-0.39, 0.29) is 30.6 Å². The number of esters is 1. The highest BCUT2D eigenvalue weighted by molar-refractivity contribution is 5.85. The molecule has 0 amide bonds. The molecule has 0 radical (unpaired) electrons. The molecule has 1 aliphatic heterocycles. The number of nitrogens with zero attached hydrogens (tertiary/aromatic N) is 3. The van der Waals surface area contributed by atoms with Crippen molar-refractivity contribution >= 4 is 16.9 Å². The van der Waals surface area contributed by atoms with E-state index in [1.54, 1.807) is 0 Å². The number of carbonyl (C=O) groups excluding carboxylic acids is 1. The maximum Gasteiger partial charge on any atom is 0.309 e. The number of carbonyl (C=O) groups is 1. The fraction of sp³-hybridized carbons (Fsp3) is 0.533. The van der Waals surface area contributed by atoms with Gasteiger partial charge in [0.2, 0.25) is 5.88 Å². The molecule has 3 atom stereocenters. The Morgan fingerprint density at radius 1 is 1.29 bits per heavy atom. The van der Waals surface area contributed by atoms with Gasteiger partial charge in [0, 0.05) is 54.0 Å². The number of benzene rings is 1. The smallest absolute Gasteiger partial charge is 0.309 e. The van der Waals surface area contributed by atoms with E-state index in [9.17, 15) is 9.18 Å². The number of alkyl halides is 1. The van der Waals surface area contributed by atoms with Gasteiger partial charge >= 0.3 is 5.97 Å². The number of nitrogens with one attached hydrogen (secondary N) is 1. The second kappa shape index (κ2) is 12.7. The van der Waals surface area contributed by atoms with Gasteiger partial charge in [0.05, 0.1) is 25.7 Å². The van der Waals surface area contributed by atoms with Crippen LogP contribution in [-0.2, 0) is 16.0 Å². The molecule has 0 saturated carbocycles. The van der Waals surface area contributed by atoms with Crippen LogP contribution in [-0.4, -0.2) is 78.9 Å². The Labute approximate surface area is 225 Å². The molecule has 2 aromatic heterocycles. The number of methoxy groups -OCH3 is 1. The summed E-state index contributed by atoms with van der Waals surface area (Å²) in [5.41, 5.74) is 5.71. The zero-order valence-electron chi connectivity index (χ0n) is 23.3. The van der Waals surface area contributed by atoms with Crippen LogP contribution in [0.5, 0.6) is 5.88 Å². The molecular formula is C30H41FN4O3. The summed E-state index contributed by atoms with van der Waals surface area (Å²) < 4.78 is 23.8. The van der Waals surface area contributed by atoms with Crippen molar-refractivity contribution in [2.75, 3.05) is 47.1 Å². The van der Waals surface area contributed by atoms with E-state index in [0.29, 0.717) is 45.0 Å². The lowest BCUT2D eigenvalue weighted by atomic mass is 9.86. The summed E-state index contributed by atoms with van der Waals surface area (Å²) in [5, 5.41) is 1.25. The van der Waals surface area contributed by atoms with Crippen molar-refractivity contribution in [2.45, 2.75) is 52.1 Å². The van der Waals surface area contributed by atoms with Crippen LogP contribution in [0.1, 0.15) is 55.1 Å². The summed E-state index contributed by atoms with van der Waals surface area (Å²) in [6.07, 6.45) is 3.94. The highest BCUT2D eigenvalue weighted by Gasteiger charge is 2.38. The van der Waals surface area contributed by atoms with Gasteiger partial charge in [0.25, 0.3) is 0 Å². The van der Waals surface area contributed by atoms with Crippen molar-refractivity contribution in [2.24, 2.45) is 5.92 Å². The molecule has 1 aromatic carbocycles. The molecule has 0 unspecified atom stereocenters. The van der Waals surface area contributed by atoms with Gasteiger partial charge in [0.15, 0.2) is 0 Å². The summed E-state index contributed by atoms with van der Waals surface area (Å²) in [4.78, 5) is 25.4. The van der Waals surface area contributed by atoms with E-state index < -0.39 is 0 Å². The van der Waals surface area contributed by atoms with E-state index in [1.165, 1.54) is 18.1 Å². The van der Waals surface area contributed by atoms with Crippen LogP contribution in [0.4, 0.5) is 4.39 Å². The topological polar surface area (TPSA) is 70.7 Å². The quantitative estimate of drug-likeness (QED) is 0.334. The molecule has 3 heterocycles. The number of rotatable bonds is 12. The number of aromatic nitrogens is 2. The predicted molar refractivity (Wildman–Crippen MR) is 148 cm³/mol. The van der Waals surface area contributed by atoms with Crippen molar-refractivity contribution in [1.29, 1.82) is 0 Å². The molecule has 38 heavy (non-hydrogen) atoms. The standard InChI is InChI=1S/C30H41FN4O3/c1-6-22(30(36)37-5)19-35-20(2)18-25-24-10-7-8-11-26(24)33-27(25)28(35)23-12-14-32-29(21(23)3)38-17-16-34(4)15-9-13-31/h7-8,10-12,14,20,22,28,33H,6,9,13,15-19H2,1-5H3/t20-,22-,28-/m1/s1. The zero-order valence-corrected chi connectivity index (χ0v) is 23.3. The normalized spacial score (nSPS) is 18.5. The second-order valence-electron chi connectivity index (χ2n) is 10.4. The van der Waals surface area contributed by atoms with Crippen molar-refractivity contribution in [1.82, 2.24) is 19.8 Å². The Hall–Kier alpha value is -2.97. The van der Waals surface area contributed by atoms with Gasteiger partial charge in [-0.3, -0.25) is 14.1 Å². The maximum atomic E-state index is 12.6. The second-order valence-corrected chi connectivity index (χ2v) is 10.4. The van der Waals surface area contributed by atoms with Gasteiger partial charge in [-0.25, -0.2) is 4.98 Å². The summed E-state index contributed by atoms with van der Waals surface area (Å²) in [7, 11) is 3.43. The number of halogens is 1. The average Bonchev–Trinajstić information content (AvgIpc) is 3.29. The van der Waals surface area contributed by atoms with Crippen LogP contribution in [0.15, 0.2) is 36.5 Å². The highest BCUT2D eigenvalue weighted by atomic mass is 19.1. The summed E-state index contributed by atoms with van der Waals surface area (Å²) >= 11 is 0. The molecule has 0 fully saturated rings. The van der Waals surface area contributed by atoms with E-state index in [4.69, 9.17) is 9.47 Å². The monoisotopic (exact) mass is 524 g/mol. The molecule has 1 N–H and O–H groups in total. The maximum absolute atomic E-state index is 12.6. The number of H-pyrrole nitrogens is 1. The third-order valence-corrected chi connectivity index (χ3v) is 7.86. The summed E-state index contributed by atoms with van der Waals surface area (Å²) in [5.74, 6) is 0.221. The number of likely N-dealkylation sites (N-methyl/N-ethyl adjacent to an activating group) is 1. The van der Waals surface area contributed by atoms with Crippen LogP contribution >= 0.6 is 0 Å².